The summed E-state index contributed by atoms with van der Waals surface area (Å²) in [5, 5.41) is 3.51. The molecular weight excluding hydrogens is 280 g/mol. The molecule has 1 saturated carbocycles. The molecule has 1 aliphatic rings. The third kappa shape index (κ3) is 3.65. The molecule has 0 radical (unpaired) electrons. The molecule has 0 aromatic heterocycles. The fourth-order valence-corrected chi connectivity index (χ4v) is 3.03. The van der Waals surface area contributed by atoms with Crippen LogP contribution in [-0.2, 0) is 0 Å². The zero-order valence-electron chi connectivity index (χ0n) is 11.0. The highest BCUT2D eigenvalue weighted by Gasteiger charge is 2.24. The Hall–Kier alpha value is -0.710. The standard InChI is InChI=1S/C14H19ClN2OS/c1-19-9-6-7-11(15)10(8-9)14(18)17-13-5-3-2-4-12(13)16/h6-8,12-13H,2-5,16H2,1H3,(H,17,18). The average Bonchev–Trinajstić information content (AvgIpc) is 2.42. The molecule has 104 valence electrons. The molecule has 5 heteroatoms. The first kappa shape index (κ1) is 14.7. The van der Waals surface area contributed by atoms with Crippen molar-refractivity contribution in [2.24, 2.45) is 5.73 Å². The van der Waals surface area contributed by atoms with Gasteiger partial charge in [0.2, 0.25) is 0 Å². The minimum absolute atomic E-state index is 0.0557. The van der Waals surface area contributed by atoms with Crippen molar-refractivity contribution in [3.8, 4) is 0 Å². The number of halogens is 1. The topological polar surface area (TPSA) is 55.1 Å². The van der Waals surface area contributed by atoms with Crippen LogP contribution < -0.4 is 11.1 Å². The van der Waals surface area contributed by atoms with E-state index in [1.165, 1.54) is 0 Å². The molecule has 3 N–H and O–H groups in total. The smallest absolute Gasteiger partial charge is 0.253 e. The van der Waals surface area contributed by atoms with Gasteiger partial charge in [-0.05, 0) is 37.3 Å². The number of nitrogens with one attached hydrogen (secondary N) is 1. The van der Waals surface area contributed by atoms with Gasteiger partial charge in [0.1, 0.15) is 0 Å². The summed E-state index contributed by atoms with van der Waals surface area (Å²) in [5.41, 5.74) is 6.58. The van der Waals surface area contributed by atoms with Crippen LogP contribution in [-0.4, -0.2) is 24.2 Å². The van der Waals surface area contributed by atoms with E-state index in [-0.39, 0.29) is 18.0 Å². The predicted octanol–water partition coefficient (Wildman–Crippen LogP) is 3.06. The Bertz CT molecular complexity index is 467. The normalized spacial score (nSPS) is 23.1. The summed E-state index contributed by atoms with van der Waals surface area (Å²) in [6.45, 7) is 0. The number of amides is 1. The third-order valence-corrected chi connectivity index (χ3v) is 4.61. The van der Waals surface area contributed by atoms with E-state index in [1.807, 2.05) is 18.4 Å². The van der Waals surface area contributed by atoms with Gasteiger partial charge in [0, 0.05) is 17.0 Å². The highest BCUT2D eigenvalue weighted by Crippen LogP contribution is 2.24. The first-order chi connectivity index (χ1) is 9.11. The van der Waals surface area contributed by atoms with Gasteiger partial charge in [-0.2, -0.15) is 0 Å². The molecule has 19 heavy (non-hydrogen) atoms. The lowest BCUT2D eigenvalue weighted by molar-refractivity contribution is 0.0921. The van der Waals surface area contributed by atoms with E-state index in [0.29, 0.717) is 10.6 Å². The summed E-state index contributed by atoms with van der Waals surface area (Å²) in [6, 6.07) is 5.63. The van der Waals surface area contributed by atoms with Gasteiger partial charge < -0.3 is 11.1 Å². The Morgan fingerprint density at radius 2 is 2.16 bits per heavy atom. The van der Waals surface area contributed by atoms with Crippen LogP contribution in [0.5, 0.6) is 0 Å². The minimum Gasteiger partial charge on any atom is -0.348 e. The summed E-state index contributed by atoms with van der Waals surface area (Å²) in [6.07, 6.45) is 6.17. The van der Waals surface area contributed by atoms with Gasteiger partial charge in [-0.25, -0.2) is 0 Å². The third-order valence-electron chi connectivity index (χ3n) is 3.55. The second-order valence-electron chi connectivity index (χ2n) is 4.87. The monoisotopic (exact) mass is 298 g/mol. The lowest BCUT2D eigenvalue weighted by atomic mass is 9.91. The van der Waals surface area contributed by atoms with Gasteiger partial charge >= 0.3 is 0 Å². The van der Waals surface area contributed by atoms with Crippen LogP contribution in [0.2, 0.25) is 5.02 Å². The van der Waals surface area contributed by atoms with Crippen LogP contribution >= 0.6 is 23.4 Å². The highest BCUT2D eigenvalue weighted by molar-refractivity contribution is 7.98. The molecule has 1 aromatic carbocycles. The van der Waals surface area contributed by atoms with Crippen molar-refractivity contribution >= 4 is 29.3 Å². The lowest BCUT2D eigenvalue weighted by Crippen LogP contribution is -2.49. The number of hydrogen-bond donors (Lipinski definition) is 2. The molecule has 2 rings (SSSR count). The van der Waals surface area contributed by atoms with Crippen molar-refractivity contribution in [2.45, 2.75) is 42.7 Å². The van der Waals surface area contributed by atoms with Crippen molar-refractivity contribution in [2.75, 3.05) is 6.26 Å². The van der Waals surface area contributed by atoms with Gasteiger partial charge in [0.15, 0.2) is 0 Å². The van der Waals surface area contributed by atoms with Crippen LogP contribution in [0, 0.1) is 0 Å². The minimum atomic E-state index is -0.122. The van der Waals surface area contributed by atoms with E-state index in [1.54, 1.807) is 17.8 Å². The number of rotatable bonds is 3. The molecule has 1 aliphatic carbocycles. The van der Waals surface area contributed by atoms with Gasteiger partial charge in [-0.3, -0.25) is 4.79 Å². The summed E-state index contributed by atoms with van der Waals surface area (Å²) in [5.74, 6) is -0.122. The number of thioether (sulfide) groups is 1. The van der Waals surface area contributed by atoms with Crippen molar-refractivity contribution < 1.29 is 4.79 Å². The van der Waals surface area contributed by atoms with Crippen molar-refractivity contribution in [1.82, 2.24) is 5.32 Å². The molecule has 0 bridgehead atoms. The lowest BCUT2D eigenvalue weighted by Gasteiger charge is -2.29. The van der Waals surface area contributed by atoms with Crippen molar-refractivity contribution in [3.63, 3.8) is 0 Å². The molecule has 2 unspecified atom stereocenters. The van der Waals surface area contributed by atoms with Gasteiger partial charge in [-0.1, -0.05) is 24.4 Å². The first-order valence-corrected chi connectivity index (χ1v) is 8.12. The van der Waals surface area contributed by atoms with E-state index in [9.17, 15) is 4.79 Å². The molecule has 0 spiro atoms. The van der Waals surface area contributed by atoms with E-state index in [2.05, 4.69) is 5.32 Å². The Morgan fingerprint density at radius 1 is 1.42 bits per heavy atom. The largest absolute Gasteiger partial charge is 0.348 e. The van der Waals surface area contributed by atoms with Gasteiger partial charge in [0.25, 0.3) is 5.91 Å². The number of benzene rings is 1. The summed E-state index contributed by atoms with van der Waals surface area (Å²) in [7, 11) is 0. The Kier molecular flexibility index (Phi) is 5.13. The second-order valence-corrected chi connectivity index (χ2v) is 6.16. The van der Waals surface area contributed by atoms with Crippen LogP contribution in [0.15, 0.2) is 23.1 Å². The molecule has 0 saturated heterocycles. The highest BCUT2D eigenvalue weighted by atomic mass is 35.5. The Labute approximate surface area is 123 Å². The molecule has 1 amide bonds. The van der Waals surface area contributed by atoms with Crippen molar-refractivity contribution in [3.05, 3.63) is 28.8 Å². The second kappa shape index (κ2) is 6.64. The van der Waals surface area contributed by atoms with Crippen LogP contribution in [0.25, 0.3) is 0 Å². The fourth-order valence-electron chi connectivity index (χ4n) is 2.39. The maximum Gasteiger partial charge on any atom is 0.253 e. The van der Waals surface area contributed by atoms with Crippen LogP contribution in [0.4, 0.5) is 0 Å². The van der Waals surface area contributed by atoms with Gasteiger partial charge in [0.05, 0.1) is 10.6 Å². The molecule has 1 fully saturated rings. The number of carbonyl (C=O) groups excluding carboxylic acids is 1. The van der Waals surface area contributed by atoms with Gasteiger partial charge in [-0.15, -0.1) is 11.8 Å². The predicted molar refractivity (Wildman–Crippen MR) is 80.9 cm³/mol. The number of carbonyl (C=O) groups is 1. The first-order valence-electron chi connectivity index (χ1n) is 6.52. The summed E-state index contributed by atoms with van der Waals surface area (Å²) < 4.78 is 0. The Morgan fingerprint density at radius 3 is 2.84 bits per heavy atom. The average molecular weight is 299 g/mol. The Balaban J connectivity index is 2.10. The SMILES string of the molecule is CSc1ccc(Cl)c(C(=O)NC2CCCCC2N)c1. The fraction of sp³-hybridized carbons (Fsp3) is 0.500. The summed E-state index contributed by atoms with van der Waals surface area (Å²) >= 11 is 7.69. The van der Waals surface area contributed by atoms with E-state index < -0.39 is 0 Å². The maximum absolute atomic E-state index is 12.3. The molecular formula is C14H19ClN2OS. The maximum atomic E-state index is 12.3. The molecule has 2 atom stereocenters. The molecule has 3 nitrogen and oxygen atoms in total. The van der Waals surface area contributed by atoms with E-state index in [0.717, 1.165) is 30.6 Å². The van der Waals surface area contributed by atoms with E-state index >= 15 is 0 Å². The molecule has 1 aromatic rings. The quantitative estimate of drug-likeness (QED) is 0.843. The number of hydrogen-bond acceptors (Lipinski definition) is 3. The zero-order chi connectivity index (χ0) is 13.8. The van der Waals surface area contributed by atoms with E-state index in [4.69, 9.17) is 17.3 Å². The molecule has 0 aliphatic heterocycles. The number of nitrogens with two attached hydrogens (primary N) is 1. The van der Waals surface area contributed by atoms with Crippen molar-refractivity contribution in [1.29, 1.82) is 0 Å². The van der Waals surface area contributed by atoms with Crippen LogP contribution in [0.1, 0.15) is 36.0 Å². The summed E-state index contributed by atoms with van der Waals surface area (Å²) in [4.78, 5) is 13.3. The zero-order valence-corrected chi connectivity index (χ0v) is 12.6. The molecule has 0 heterocycles. The van der Waals surface area contributed by atoms with Crippen LogP contribution in [0.3, 0.4) is 0 Å².